The number of amides is 1. The normalized spacial score (nSPS) is 19.6. The molecule has 0 spiro atoms. The van der Waals surface area contributed by atoms with E-state index >= 15 is 0 Å². The Labute approximate surface area is 110 Å². The molecule has 1 saturated heterocycles. The van der Waals surface area contributed by atoms with Crippen LogP contribution in [-0.4, -0.2) is 28.4 Å². The third kappa shape index (κ3) is 3.10. The first kappa shape index (κ1) is 13.5. The molecule has 1 aliphatic rings. The van der Waals surface area contributed by atoms with Crippen molar-refractivity contribution in [2.45, 2.75) is 26.3 Å². The Bertz CT molecular complexity index is 515. The van der Waals surface area contributed by atoms with Gasteiger partial charge in [-0.25, -0.2) is 4.39 Å². The molecular weight excluding hydrogens is 249 g/mol. The van der Waals surface area contributed by atoms with E-state index in [0.717, 1.165) is 5.56 Å². The summed E-state index contributed by atoms with van der Waals surface area (Å²) in [4.78, 5) is 24.3. The van der Waals surface area contributed by atoms with E-state index in [1.54, 1.807) is 24.0 Å². The number of carbonyl (C=O) groups is 2. The third-order valence-corrected chi connectivity index (χ3v) is 3.47. The van der Waals surface area contributed by atoms with E-state index in [0.29, 0.717) is 25.1 Å². The molecular formula is C14H16FNO3. The lowest BCUT2D eigenvalue weighted by Crippen LogP contribution is -2.40. The van der Waals surface area contributed by atoms with Gasteiger partial charge in [0.2, 0.25) is 5.91 Å². The highest BCUT2D eigenvalue weighted by Gasteiger charge is 2.30. The molecule has 4 nitrogen and oxygen atoms in total. The first-order chi connectivity index (χ1) is 8.97. The molecule has 0 radical (unpaired) electrons. The Kier molecular flexibility index (Phi) is 3.83. The molecule has 2 rings (SSSR count). The van der Waals surface area contributed by atoms with Crippen LogP contribution in [0.2, 0.25) is 0 Å². The fourth-order valence-electron chi connectivity index (χ4n) is 2.28. The van der Waals surface area contributed by atoms with E-state index in [1.807, 2.05) is 0 Å². The zero-order valence-electron chi connectivity index (χ0n) is 10.7. The van der Waals surface area contributed by atoms with Crippen LogP contribution < -0.4 is 0 Å². The number of carbonyl (C=O) groups excluding carboxylic acids is 1. The van der Waals surface area contributed by atoms with Crippen LogP contribution in [0.4, 0.5) is 4.39 Å². The first-order valence-electron chi connectivity index (χ1n) is 6.23. The second-order valence-electron chi connectivity index (χ2n) is 4.93. The number of carboxylic acid groups (broad SMARTS) is 1. The summed E-state index contributed by atoms with van der Waals surface area (Å²) in [6.45, 7) is 2.52. The van der Waals surface area contributed by atoms with Gasteiger partial charge in [-0.2, -0.15) is 0 Å². The number of piperidine rings is 1. The summed E-state index contributed by atoms with van der Waals surface area (Å²) in [7, 11) is 0. The number of hydrogen-bond acceptors (Lipinski definition) is 2. The number of halogens is 1. The minimum absolute atomic E-state index is 0.0511. The maximum atomic E-state index is 13.1. The van der Waals surface area contributed by atoms with Crippen LogP contribution in [0.1, 0.15) is 24.0 Å². The van der Waals surface area contributed by atoms with E-state index < -0.39 is 11.9 Å². The van der Waals surface area contributed by atoms with Gasteiger partial charge in [0.1, 0.15) is 5.82 Å². The van der Waals surface area contributed by atoms with Gasteiger partial charge in [-0.3, -0.25) is 9.59 Å². The van der Waals surface area contributed by atoms with Crippen LogP contribution in [0, 0.1) is 18.7 Å². The Morgan fingerprint density at radius 1 is 1.53 bits per heavy atom. The van der Waals surface area contributed by atoms with Crippen molar-refractivity contribution in [2.24, 2.45) is 5.92 Å². The Hall–Kier alpha value is -1.91. The number of hydrogen-bond donors (Lipinski definition) is 1. The van der Waals surface area contributed by atoms with E-state index in [-0.39, 0.29) is 18.1 Å². The molecule has 1 N–H and O–H groups in total. The number of nitrogens with zero attached hydrogens (tertiary/aromatic N) is 1. The number of benzene rings is 1. The van der Waals surface area contributed by atoms with Gasteiger partial charge in [0.15, 0.2) is 0 Å². The van der Waals surface area contributed by atoms with Crippen molar-refractivity contribution in [3.05, 3.63) is 35.1 Å². The van der Waals surface area contributed by atoms with E-state index in [1.165, 1.54) is 6.07 Å². The molecule has 1 fully saturated rings. The maximum Gasteiger partial charge on any atom is 0.307 e. The molecule has 0 bridgehead atoms. The van der Waals surface area contributed by atoms with Gasteiger partial charge in [0.05, 0.1) is 5.92 Å². The fourth-order valence-corrected chi connectivity index (χ4v) is 2.28. The molecule has 1 aromatic carbocycles. The average Bonchev–Trinajstić information content (AvgIpc) is 2.36. The molecule has 5 heteroatoms. The molecule has 0 aliphatic carbocycles. The minimum atomic E-state index is -0.911. The van der Waals surface area contributed by atoms with Crippen molar-refractivity contribution >= 4 is 11.9 Å². The second kappa shape index (κ2) is 5.38. The van der Waals surface area contributed by atoms with Gasteiger partial charge in [0, 0.05) is 19.5 Å². The van der Waals surface area contributed by atoms with Crippen LogP contribution in [0.25, 0.3) is 0 Å². The molecule has 0 saturated carbocycles. The van der Waals surface area contributed by atoms with Gasteiger partial charge < -0.3 is 10.0 Å². The summed E-state index contributed by atoms with van der Waals surface area (Å²) >= 11 is 0. The molecule has 1 heterocycles. The van der Waals surface area contributed by atoms with Gasteiger partial charge in [-0.15, -0.1) is 0 Å². The second-order valence-corrected chi connectivity index (χ2v) is 4.93. The van der Waals surface area contributed by atoms with Crippen molar-refractivity contribution in [3.63, 3.8) is 0 Å². The summed E-state index contributed by atoms with van der Waals surface area (Å²) in [6, 6.07) is 4.75. The molecule has 102 valence electrons. The van der Waals surface area contributed by atoms with Gasteiger partial charge in [-0.05, 0) is 30.5 Å². The van der Waals surface area contributed by atoms with Crippen LogP contribution in [0.3, 0.4) is 0 Å². The topological polar surface area (TPSA) is 57.6 Å². The molecule has 1 aromatic rings. The fraction of sp³-hybridized carbons (Fsp3) is 0.429. The van der Waals surface area contributed by atoms with Gasteiger partial charge in [0.25, 0.3) is 0 Å². The highest BCUT2D eigenvalue weighted by molar-refractivity contribution is 5.83. The minimum Gasteiger partial charge on any atom is -0.481 e. The van der Waals surface area contributed by atoms with Crippen molar-refractivity contribution in [3.8, 4) is 0 Å². The van der Waals surface area contributed by atoms with Gasteiger partial charge >= 0.3 is 5.97 Å². The van der Waals surface area contributed by atoms with Crippen LogP contribution >= 0.6 is 0 Å². The summed E-state index contributed by atoms with van der Waals surface area (Å²) in [5.41, 5.74) is 1.41. The number of aliphatic carboxylic acids is 1. The molecule has 19 heavy (non-hydrogen) atoms. The van der Waals surface area contributed by atoms with E-state index in [9.17, 15) is 14.0 Å². The molecule has 1 aliphatic heterocycles. The maximum absolute atomic E-state index is 13.1. The molecule has 1 amide bonds. The van der Waals surface area contributed by atoms with Crippen molar-refractivity contribution in [1.29, 1.82) is 0 Å². The zero-order valence-corrected chi connectivity index (χ0v) is 10.7. The lowest BCUT2D eigenvalue weighted by atomic mass is 9.96. The molecule has 1 unspecified atom stereocenters. The monoisotopic (exact) mass is 265 g/mol. The summed E-state index contributed by atoms with van der Waals surface area (Å²) < 4.78 is 13.1. The van der Waals surface area contributed by atoms with Crippen molar-refractivity contribution in [2.75, 3.05) is 6.54 Å². The van der Waals surface area contributed by atoms with Crippen LogP contribution in [0.5, 0.6) is 0 Å². The Balaban J connectivity index is 2.02. The highest BCUT2D eigenvalue weighted by atomic mass is 19.1. The SMILES string of the molecule is Cc1cc(CN2CCC(C(=O)O)CC2=O)ccc1F. The van der Waals surface area contributed by atoms with Gasteiger partial charge in [-0.1, -0.05) is 12.1 Å². The summed E-state index contributed by atoms with van der Waals surface area (Å²) in [5.74, 6) is -1.90. The number of carboxylic acids is 1. The molecule has 0 aromatic heterocycles. The third-order valence-electron chi connectivity index (χ3n) is 3.47. The van der Waals surface area contributed by atoms with Crippen LogP contribution in [-0.2, 0) is 16.1 Å². The molecule has 1 atom stereocenters. The lowest BCUT2D eigenvalue weighted by molar-refractivity contribution is -0.149. The van der Waals surface area contributed by atoms with E-state index in [4.69, 9.17) is 5.11 Å². The highest BCUT2D eigenvalue weighted by Crippen LogP contribution is 2.21. The first-order valence-corrected chi connectivity index (χ1v) is 6.23. The zero-order chi connectivity index (χ0) is 14.0. The lowest BCUT2D eigenvalue weighted by Gasteiger charge is -2.30. The standard InChI is InChI=1S/C14H16FNO3/c1-9-6-10(2-3-12(9)15)8-16-5-4-11(14(18)19)7-13(16)17/h2-3,6,11H,4-5,7-8H2,1H3,(H,18,19). The van der Waals surface area contributed by atoms with Crippen LogP contribution in [0.15, 0.2) is 18.2 Å². The summed E-state index contributed by atoms with van der Waals surface area (Å²) in [6.07, 6.45) is 0.525. The number of likely N-dealkylation sites (tertiary alicyclic amines) is 1. The smallest absolute Gasteiger partial charge is 0.307 e. The van der Waals surface area contributed by atoms with Crippen molar-refractivity contribution < 1.29 is 19.1 Å². The van der Waals surface area contributed by atoms with E-state index in [2.05, 4.69) is 0 Å². The number of aryl methyl sites for hydroxylation is 1. The average molecular weight is 265 g/mol. The predicted molar refractivity (Wildman–Crippen MR) is 66.9 cm³/mol. The Morgan fingerprint density at radius 2 is 2.26 bits per heavy atom. The largest absolute Gasteiger partial charge is 0.481 e. The Morgan fingerprint density at radius 3 is 2.84 bits per heavy atom. The van der Waals surface area contributed by atoms with Crippen molar-refractivity contribution in [1.82, 2.24) is 4.90 Å². The quantitative estimate of drug-likeness (QED) is 0.908. The summed E-state index contributed by atoms with van der Waals surface area (Å²) in [5, 5.41) is 8.89. The predicted octanol–water partition coefficient (Wildman–Crippen LogP) is 1.96. The number of rotatable bonds is 3.